The summed E-state index contributed by atoms with van der Waals surface area (Å²) in [6, 6.07) is 10.5. The van der Waals surface area contributed by atoms with Gasteiger partial charge in [-0.3, -0.25) is 9.69 Å². The fourth-order valence-corrected chi connectivity index (χ4v) is 3.78. The Labute approximate surface area is 175 Å². The van der Waals surface area contributed by atoms with E-state index in [2.05, 4.69) is 34.2 Å². The third-order valence-corrected chi connectivity index (χ3v) is 5.28. The van der Waals surface area contributed by atoms with Crippen LogP contribution in [0.2, 0.25) is 0 Å². The van der Waals surface area contributed by atoms with Gasteiger partial charge >= 0.3 is 0 Å². The molecule has 0 bridgehead atoms. The fourth-order valence-electron chi connectivity index (χ4n) is 3.78. The first-order chi connectivity index (χ1) is 12.2. The van der Waals surface area contributed by atoms with Crippen molar-refractivity contribution < 1.29 is 9.53 Å². The minimum atomic E-state index is 0. The largest absolute Gasteiger partial charge is 0.379 e. The number of halogens is 2. The molecule has 0 aliphatic carbocycles. The van der Waals surface area contributed by atoms with Gasteiger partial charge in [0.2, 0.25) is 5.91 Å². The second kappa shape index (κ2) is 12.6. The van der Waals surface area contributed by atoms with Crippen LogP contribution in [0.15, 0.2) is 30.3 Å². The van der Waals surface area contributed by atoms with Gasteiger partial charge in [-0.2, -0.15) is 0 Å². The Morgan fingerprint density at radius 3 is 2.59 bits per heavy atom. The zero-order chi connectivity index (χ0) is 17.5. The number of ether oxygens (including phenoxy) is 1. The number of carbonyl (C=O) groups excluding carboxylic acids is 1. The lowest BCUT2D eigenvalue weighted by Gasteiger charge is -2.37. The van der Waals surface area contributed by atoms with E-state index >= 15 is 0 Å². The zero-order valence-electron chi connectivity index (χ0n) is 16.1. The van der Waals surface area contributed by atoms with Gasteiger partial charge in [0.25, 0.3) is 0 Å². The molecule has 5 nitrogen and oxygen atoms in total. The van der Waals surface area contributed by atoms with Gasteiger partial charge in [-0.05, 0) is 31.9 Å². The Morgan fingerprint density at radius 2 is 1.96 bits per heavy atom. The van der Waals surface area contributed by atoms with E-state index in [4.69, 9.17) is 4.74 Å². The second-order valence-electron chi connectivity index (χ2n) is 7.26. The Bertz CT molecular complexity index is 535. The maximum atomic E-state index is 13.2. The Morgan fingerprint density at radius 1 is 1.26 bits per heavy atom. The van der Waals surface area contributed by atoms with Crippen molar-refractivity contribution in [3.63, 3.8) is 0 Å². The summed E-state index contributed by atoms with van der Waals surface area (Å²) < 4.78 is 5.45. The molecule has 2 saturated heterocycles. The summed E-state index contributed by atoms with van der Waals surface area (Å²) in [6.07, 6.45) is 2.09. The molecule has 0 radical (unpaired) electrons. The van der Waals surface area contributed by atoms with Gasteiger partial charge in [0.15, 0.2) is 0 Å². The van der Waals surface area contributed by atoms with Crippen LogP contribution in [0, 0.1) is 5.92 Å². The molecule has 1 aromatic rings. The number of benzene rings is 1. The minimum absolute atomic E-state index is 0. The predicted molar refractivity (Wildman–Crippen MR) is 114 cm³/mol. The highest BCUT2D eigenvalue weighted by Crippen LogP contribution is 2.19. The maximum Gasteiger partial charge on any atom is 0.227 e. The molecule has 0 spiro atoms. The van der Waals surface area contributed by atoms with Gasteiger partial charge in [-0.25, -0.2) is 0 Å². The summed E-state index contributed by atoms with van der Waals surface area (Å²) in [5, 5.41) is 3.38. The van der Waals surface area contributed by atoms with Crippen LogP contribution < -0.4 is 5.32 Å². The highest BCUT2D eigenvalue weighted by atomic mass is 35.5. The number of rotatable bonds is 6. The van der Waals surface area contributed by atoms with Gasteiger partial charge in [0.1, 0.15) is 0 Å². The molecule has 1 aromatic carbocycles. The van der Waals surface area contributed by atoms with Crippen LogP contribution in [-0.2, 0) is 16.1 Å². The van der Waals surface area contributed by atoms with Crippen LogP contribution in [0.25, 0.3) is 0 Å². The highest BCUT2D eigenvalue weighted by molar-refractivity contribution is 5.85. The molecule has 2 fully saturated rings. The van der Waals surface area contributed by atoms with Crippen LogP contribution in [0.4, 0.5) is 0 Å². The number of hydrogen-bond donors (Lipinski definition) is 1. The lowest BCUT2D eigenvalue weighted by Crippen LogP contribution is -2.51. The molecule has 0 aromatic heterocycles. The molecular weight excluding hydrogens is 385 g/mol. The standard InChI is InChI=1S/C20H31N3O2.2ClH/c1-17(15-22-10-12-25-13-11-22)23(16-18-6-3-2-4-7-18)20(24)19-8-5-9-21-14-19;;/h2-4,6-7,17,19,21H,5,8-16H2,1H3;2*1H. The van der Waals surface area contributed by atoms with Crippen molar-refractivity contribution in [2.24, 2.45) is 5.92 Å². The van der Waals surface area contributed by atoms with E-state index in [9.17, 15) is 4.79 Å². The van der Waals surface area contributed by atoms with Gasteiger partial charge < -0.3 is 15.0 Å². The fraction of sp³-hybridized carbons (Fsp3) is 0.650. The van der Waals surface area contributed by atoms with Crippen molar-refractivity contribution in [1.82, 2.24) is 15.1 Å². The third kappa shape index (κ3) is 7.24. The van der Waals surface area contributed by atoms with Crippen LogP contribution >= 0.6 is 24.8 Å². The molecule has 2 atom stereocenters. The predicted octanol–water partition coefficient (Wildman–Crippen LogP) is 2.58. The number of hydrogen-bond acceptors (Lipinski definition) is 4. The molecule has 2 aliphatic heterocycles. The highest BCUT2D eigenvalue weighted by Gasteiger charge is 2.30. The van der Waals surface area contributed by atoms with E-state index in [1.807, 2.05) is 18.2 Å². The Hall–Kier alpha value is -0.850. The molecule has 154 valence electrons. The monoisotopic (exact) mass is 417 g/mol. The lowest BCUT2D eigenvalue weighted by atomic mass is 9.97. The summed E-state index contributed by atoms with van der Waals surface area (Å²) in [5.74, 6) is 0.418. The summed E-state index contributed by atoms with van der Waals surface area (Å²) in [4.78, 5) is 17.7. The van der Waals surface area contributed by atoms with Crippen LogP contribution in [0.5, 0.6) is 0 Å². The molecular formula is C20H33Cl2N3O2. The molecule has 27 heavy (non-hydrogen) atoms. The van der Waals surface area contributed by atoms with E-state index < -0.39 is 0 Å². The second-order valence-corrected chi connectivity index (χ2v) is 7.26. The third-order valence-electron chi connectivity index (χ3n) is 5.28. The van der Waals surface area contributed by atoms with Crippen molar-refractivity contribution in [2.45, 2.75) is 32.4 Å². The number of morpholine rings is 1. The number of carbonyl (C=O) groups is 1. The molecule has 7 heteroatoms. The molecule has 2 unspecified atom stereocenters. The van der Waals surface area contributed by atoms with Crippen molar-refractivity contribution in [3.05, 3.63) is 35.9 Å². The number of amides is 1. The number of piperidine rings is 1. The number of nitrogens with zero attached hydrogens (tertiary/aromatic N) is 2. The summed E-state index contributed by atoms with van der Waals surface area (Å²) >= 11 is 0. The van der Waals surface area contributed by atoms with Crippen LogP contribution in [-0.4, -0.2) is 67.7 Å². The van der Waals surface area contributed by atoms with Crippen molar-refractivity contribution >= 4 is 30.7 Å². The van der Waals surface area contributed by atoms with Crippen molar-refractivity contribution in [2.75, 3.05) is 45.9 Å². The lowest BCUT2D eigenvalue weighted by molar-refractivity contribution is -0.139. The number of nitrogens with one attached hydrogen (secondary N) is 1. The summed E-state index contributed by atoms with van der Waals surface area (Å²) in [6.45, 7) is 9.17. The normalized spacial score (nSPS) is 21.4. The summed E-state index contributed by atoms with van der Waals surface area (Å²) in [5.41, 5.74) is 1.20. The first-order valence-corrected chi connectivity index (χ1v) is 9.59. The average Bonchev–Trinajstić information content (AvgIpc) is 2.68. The molecule has 1 N–H and O–H groups in total. The molecule has 2 aliphatic rings. The van der Waals surface area contributed by atoms with Crippen LogP contribution in [0.1, 0.15) is 25.3 Å². The van der Waals surface area contributed by atoms with Crippen molar-refractivity contribution in [1.29, 1.82) is 0 Å². The average molecular weight is 418 g/mol. The van der Waals surface area contributed by atoms with Gasteiger partial charge in [0, 0.05) is 38.8 Å². The first-order valence-electron chi connectivity index (χ1n) is 9.59. The Kier molecular flexibility index (Phi) is 11.3. The van der Waals surface area contributed by atoms with Crippen molar-refractivity contribution in [3.8, 4) is 0 Å². The van der Waals surface area contributed by atoms with Gasteiger partial charge in [-0.15, -0.1) is 24.8 Å². The zero-order valence-corrected chi connectivity index (χ0v) is 17.8. The van der Waals surface area contributed by atoms with E-state index in [0.717, 1.165) is 58.8 Å². The smallest absolute Gasteiger partial charge is 0.227 e. The quantitative estimate of drug-likeness (QED) is 0.772. The van der Waals surface area contributed by atoms with E-state index in [-0.39, 0.29) is 36.8 Å². The summed E-state index contributed by atoms with van der Waals surface area (Å²) in [7, 11) is 0. The topological polar surface area (TPSA) is 44.8 Å². The van der Waals surface area contributed by atoms with E-state index in [1.54, 1.807) is 0 Å². The molecule has 1 amide bonds. The molecule has 3 rings (SSSR count). The van der Waals surface area contributed by atoms with Crippen LogP contribution in [0.3, 0.4) is 0 Å². The minimum Gasteiger partial charge on any atom is -0.379 e. The van der Waals surface area contributed by atoms with Gasteiger partial charge in [-0.1, -0.05) is 30.3 Å². The first kappa shape index (κ1) is 24.2. The SMILES string of the molecule is CC(CN1CCOCC1)N(Cc1ccccc1)C(=O)C1CCCNC1.Cl.Cl. The molecule has 0 saturated carbocycles. The molecule has 2 heterocycles. The van der Waals surface area contributed by atoms with E-state index in [0.29, 0.717) is 12.5 Å². The van der Waals surface area contributed by atoms with E-state index in [1.165, 1.54) is 5.56 Å². The van der Waals surface area contributed by atoms with Gasteiger partial charge in [0.05, 0.1) is 19.1 Å². The maximum absolute atomic E-state index is 13.2. The Balaban J connectivity index is 0.00000182.